The highest BCUT2D eigenvalue weighted by atomic mass is 16.2. The highest BCUT2D eigenvalue weighted by Crippen LogP contribution is 2.36. The van der Waals surface area contributed by atoms with Crippen LogP contribution in [0.25, 0.3) is 11.2 Å². The lowest BCUT2D eigenvalue weighted by atomic mass is 9.86. The molecular weight excluding hydrogens is 787 g/mol. The zero-order valence-electron chi connectivity index (χ0n) is 34.4. The summed E-state index contributed by atoms with van der Waals surface area (Å²) in [6.07, 6.45) is 7.76. The number of carbonyl (C=O) groups is 5. The van der Waals surface area contributed by atoms with Gasteiger partial charge in [0.05, 0.1) is 23.9 Å². The minimum absolute atomic E-state index is 0.0446. The molecule has 3 saturated heterocycles. The Balaban J connectivity index is 0.675. The second-order valence-electron chi connectivity index (χ2n) is 17.2. The summed E-state index contributed by atoms with van der Waals surface area (Å²) in [6.45, 7) is 6.67. The molecule has 6 heterocycles. The summed E-state index contributed by atoms with van der Waals surface area (Å²) in [5.41, 5.74) is 6.15. The van der Waals surface area contributed by atoms with Crippen molar-refractivity contribution in [3.05, 3.63) is 102 Å². The van der Waals surface area contributed by atoms with Crippen LogP contribution in [0.4, 0.5) is 22.9 Å². The molecule has 5 amide bonds. The van der Waals surface area contributed by atoms with Crippen LogP contribution in [0.1, 0.15) is 70.8 Å². The van der Waals surface area contributed by atoms with E-state index in [9.17, 15) is 24.0 Å². The molecule has 16 heteroatoms. The maximum Gasteiger partial charge on any atom is 0.262 e. The van der Waals surface area contributed by atoms with Gasteiger partial charge in [-0.2, -0.15) is 0 Å². The zero-order valence-corrected chi connectivity index (χ0v) is 34.4. The van der Waals surface area contributed by atoms with E-state index in [-0.39, 0.29) is 36.7 Å². The maximum atomic E-state index is 13.4. The summed E-state index contributed by atoms with van der Waals surface area (Å²) >= 11 is 0. The van der Waals surface area contributed by atoms with Crippen LogP contribution in [0.5, 0.6) is 0 Å². The zero-order chi connectivity index (χ0) is 42.3. The van der Waals surface area contributed by atoms with E-state index >= 15 is 0 Å². The van der Waals surface area contributed by atoms with Gasteiger partial charge in [0.15, 0.2) is 17.0 Å². The van der Waals surface area contributed by atoms with E-state index in [1.807, 2.05) is 42.7 Å². The van der Waals surface area contributed by atoms with Crippen molar-refractivity contribution in [2.75, 3.05) is 60.9 Å². The standard InChI is InChI=1S/C46H49N11O5/c58-39-13-12-38(44(60)52-39)57-45(61)36-11-10-34(25-37(36)46(57)62)54-16-14-30(15-17-54)26-53-18-20-55(21-19-53)33-8-6-31(7-9-33)51-42-41-43(48-27-47-42)56(28-49-41)35-23-32(24-35)50-40(59)22-29-4-2-1-3-5-29/h1-11,25,27-28,30,32,35,38H,12-24,26H2,(H,50,59)(H,47,48,51)(H,52,58,60). The molecule has 2 aromatic heterocycles. The molecule has 0 spiro atoms. The molecular formula is C46H49N11O5. The van der Waals surface area contributed by atoms with E-state index in [4.69, 9.17) is 0 Å². The highest BCUT2D eigenvalue weighted by Gasteiger charge is 2.45. The van der Waals surface area contributed by atoms with Crippen LogP contribution in [-0.2, 0) is 20.8 Å². The SMILES string of the molecule is O=C1CCC(N2C(=O)c3ccc(N4CCC(CN5CCN(c6ccc(Nc7ncnc8c7ncn8C7CC(NC(=O)Cc8ccccc8)C7)cc6)CC5)CC4)cc3C2=O)C(=O)N1. The first-order valence-electron chi connectivity index (χ1n) is 21.7. The molecule has 3 aromatic carbocycles. The molecule has 3 N–H and O–H groups in total. The number of imidazole rings is 1. The van der Waals surface area contributed by atoms with Gasteiger partial charge >= 0.3 is 0 Å². The number of amides is 5. The molecule has 10 rings (SSSR count). The number of nitrogens with zero attached hydrogens (tertiary/aromatic N) is 8. The van der Waals surface area contributed by atoms with Gasteiger partial charge < -0.3 is 25.0 Å². The Morgan fingerprint density at radius 1 is 0.758 bits per heavy atom. The normalized spacial score (nSPS) is 22.1. The Bertz CT molecular complexity index is 2520. The van der Waals surface area contributed by atoms with Crippen molar-refractivity contribution < 1.29 is 24.0 Å². The molecule has 1 unspecified atom stereocenters. The van der Waals surface area contributed by atoms with Crippen molar-refractivity contribution in [2.45, 2.75) is 63.1 Å². The lowest BCUT2D eigenvalue weighted by Crippen LogP contribution is -2.54. The van der Waals surface area contributed by atoms with Crippen LogP contribution in [0, 0.1) is 5.92 Å². The Hall–Kier alpha value is -6.68. The summed E-state index contributed by atoms with van der Waals surface area (Å²) in [7, 11) is 0. The van der Waals surface area contributed by atoms with E-state index in [2.05, 4.69) is 74.4 Å². The number of piperazine rings is 1. The number of imide groups is 2. The second-order valence-corrected chi connectivity index (χ2v) is 17.2. The van der Waals surface area contributed by atoms with Crippen LogP contribution in [0.15, 0.2) is 85.5 Å². The molecule has 1 aliphatic carbocycles. The van der Waals surface area contributed by atoms with Crippen molar-refractivity contribution in [2.24, 2.45) is 5.92 Å². The minimum Gasteiger partial charge on any atom is -0.371 e. The Morgan fingerprint density at radius 2 is 1.48 bits per heavy atom. The maximum absolute atomic E-state index is 13.4. The van der Waals surface area contributed by atoms with E-state index in [0.29, 0.717) is 34.8 Å². The van der Waals surface area contributed by atoms with E-state index in [0.717, 1.165) is 99.0 Å². The van der Waals surface area contributed by atoms with E-state index < -0.39 is 23.8 Å². The summed E-state index contributed by atoms with van der Waals surface area (Å²) in [5, 5.41) is 8.87. The Labute approximate surface area is 358 Å². The smallest absolute Gasteiger partial charge is 0.262 e. The van der Waals surface area contributed by atoms with Crippen LogP contribution in [0.2, 0.25) is 0 Å². The third kappa shape index (κ3) is 7.85. The number of carbonyl (C=O) groups excluding carboxylic acids is 5. The highest BCUT2D eigenvalue weighted by molar-refractivity contribution is 6.23. The molecule has 318 valence electrons. The first-order valence-corrected chi connectivity index (χ1v) is 21.7. The van der Waals surface area contributed by atoms with Gasteiger partial charge in [-0.05, 0) is 86.1 Å². The summed E-state index contributed by atoms with van der Waals surface area (Å²) in [5.74, 6) is -0.661. The molecule has 16 nitrogen and oxygen atoms in total. The third-order valence-corrected chi connectivity index (χ3v) is 13.2. The average Bonchev–Trinajstić information content (AvgIpc) is 3.81. The number of hydrogen-bond acceptors (Lipinski definition) is 12. The molecule has 1 atom stereocenters. The van der Waals surface area contributed by atoms with Gasteiger partial charge in [0.2, 0.25) is 17.7 Å². The van der Waals surface area contributed by atoms with Gasteiger partial charge in [-0.25, -0.2) is 15.0 Å². The van der Waals surface area contributed by atoms with Crippen LogP contribution < -0.4 is 25.8 Å². The predicted octanol–water partition coefficient (Wildman–Crippen LogP) is 4.07. The van der Waals surface area contributed by atoms with Gasteiger partial charge in [-0.3, -0.25) is 39.1 Å². The quantitative estimate of drug-likeness (QED) is 0.163. The molecule has 5 aromatic rings. The molecule has 0 radical (unpaired) electrons. The molecule has 5 aliphatic rings. The van der Waals surface area contributed by atoms with Crippen LogP contribution in [-0.4, -0.2) is 117 Å². The van der Waals surface area contributed by atoms with Crippen molar-refractivity contribution in [1.29, 1.82) is 0 Å². The van der Waals surface area contributed by atoms with Crippen LogP contribution in [0.3, 0.4) is 0 Å². The number of hydrogen-bond donors (Lipinski definition) is 3. The lowest BCUT2D eigenvalue weighted by molar-refractivity contribution is -0.136. The lowest BCUT2D eigenvalue weighted by Gasteiger charge is -2.40. The van der Waals surface area contributed by atoms with Crippen LogP contribution >= 0.6 is 0 Å². The number of aromatic nitrogens is 4. The van der Waals surface area contributed by atoms with Crippen molar-refractivity contribution >= 4 is 63.6 Å². The van der Waals surface area contributed by atoms with Gasteiger partial charge in [-0.15, -0.1) is 0 Å². The molecule has 1 saturated carbocycles. The first kappa shape index (κ1) is 39.5. The monoisotopic (exact) mass is 835 g/mol. The fourth-order valence-corrected chi connectivity index (χ4v) is 9.68. The number of benzene rings is 3. The number of fused-ring (bicyclic) bond motifs is 2. The van der Waals surface area contributed by atoms with Gasteiger partial charge in [0.1, 0.15) is 12.4 Å². The van der Waals surface area contributed by atoms with Gasteiger partial charge in [0, 0.05) is 81.4 Å². The second kappa shape index (κ2) is 16.6. The topological polar surface area (TPSA) is 178 Å². The molecule has 4 fully saturated rings. The van der Waals surface area contributed by atoms with Crippen molar-refractivity contribution in [3.63, 3.8) is 0 Å². The summed E-state index contributed by atoms with van der Waals surface area (Å²) < 4.78 is 2.10. The Kier molecular flexibility index (Phi) is 10.6. The van der Waals surface area contributed by atoms with E-state index in [1.165, 1.54) is 5.69 Å². The number of nitrogens with one attached hydrogen (secondary N) is 3. The van der Waals surface area contributed by atoms with Crippen molar-refractivity contribution in [3.8, 4) is 0 Å². The predicted molar refractivity (Wildman–Crippen MR) is 232 cm³/mol. The third-order valence-electron chi connectivity index (χ3n) is 13.2. The number of rotatable bonds is 11. The summed E-state index contributed by atoms with van der Waals surface area (Å²) in [6, 6.07) is 23.0. The molecule has 4 aliphatic heterocycles. The largest absolute Gasteiger partial charge is 0.371 e. The number of piperidine rings is 2. The van der Waals surface area contributed by atoms with Crippen molar-refractivity contribution in [1.82, 2.24) is 40.0 Å². The fraction of sp³-hybridized carbons (Fsp3) is 0.391. The first-order chi connectivity index (χ1) is 30.2. The fourth-order valence-electron chi connectivity index (χ4n) is 9.68. The molecule has 62 heavy (non-hydrogen) atoms. The Morgan fingerprint density at radius 3 is 2.24 bits per heavy atom. The van der Waals surface area contributed by atoms with E-state index in [1.54, 1.807) is 18.5 Å². The minimum atomic E-state index is -0.966. The number of anilines is 4. The summed E-state index contributed by atoms with van der Waals surface area (Å²) in [4.78, 5) is 85.2. The van der Waals surface area contributed by atoms with Gasteiger partial charge in [0.25, 0.3) is 11.8 Å². The average molecular weight is 836 g/mol. The van der Waals surface area contributed by atoms with Gasteiger partial charge in [-0.1, -0.05) is 30.3 Å². The molecule has 0 bridgehead atoms.